The van der Waals surface area contributed by atoms with E-state index in [0.29, 0.717) is 17.4 Å². The first-order valence-electron chi connectivity index (χ1n) is 6.53. The van der Waals surface area contributed by atoms with Crippen LogP contribution in [-0.4, -0.2) is 47.1 Å². The Morgan fingerprint density at radius 1 is 1.33 bits per heavy atom. The van der Waals surface area contributed by atoms with Crippen molar-refractivity contribution in [3.8, 4) is 11.4 Å². The minimum absolute atomic E-state index is 0.0317. The van der Waals surface area contributed by atoms with E-state index in [4.69, 9.17) is 4.52 Å². The molecule has 0 aliphatic rings. The summed E-state index contributed by atoms with van der Waals surface area (Å²) in [4.78, 5) is 16.4. The number of nitrogens with one attached hydrogen (secondary N) is 1. The highest BCUT2D eigenvalue weighted by molar-refractivity contribution is 5.57. The highest BCUT2D eigenvalue weighted by Gasteiger charge is 2.10. The number of nitro groups is 1. The number of anilines is 1. The highest BCUT2D eigenvalue weighted by atomic mass is 16.6. The van der Waals surface area contributed by atoms with E-state index in [1.807, 2.05) is 14.1 Å². The molecule has 1 N–H and O–H groups in total. The molecule has 0 saturated carbocycles. The van der Waals surface area contributed by atoms with Gasteiger partial charge in [-0.2, -0.15) is 4.98 Å². The van der Waals surface area contributed by atoms with Crippen molar-refractivity contribution >= 4 is 11.7 Å². The van der Waals surface area contributed by atoms with Crippen LogP contribution in [-0.2, 0) is 0 Å². The Morgan fingerprint density at radius 2 is 2.05 bits per heavy atom. The molecule has 1 aromatic carbocycles. The Labute approximate surface area is 121 Å². The zero-order valence-corrected chi connectivity index (χ0v) is 11.9. The molecule has 0 amide bonds. The summed E-state index contributed by atoms with van der Waals surface area (Å²) in [5, 5.41) is 17.5. The van der Waals surface area contributed by atoms with E-state index in [2.05, 4.69) is 20.4 Å². The number of nitrogens with zero attached hydrogens (tertiary/aromatic N) is 4. The molecule has 0 spiro atoms. The van der Waals surface area contributed by atoms with E-state index in [-0.39, 0.29) is 5.69 Å². The second kappa shape index (κ2) is 6.80. The van der Waals surface area contributed by atoms with E-state index in [1.165, 1.54) is 12.1 Å². The number of hydrogen-bond acceptors (Lipinski definition) is 7. The molecule has 8 nitrogen and oxygen atoms in total. The molecule has 0 unspecified atom stereocenters. The topological polar surface area (TPSA) is 97.3 Å². The van der Waals surface area contributed by atoms with E-state index in [0.717, 1.165) is 19.5 Å². The summed E-state index contributed by atoms with van der Waals surface area (Å²) in [6.07, 6.45) is 0.961. The van der Waals surface area contributed by atoms with Gasteiger partial charge in [-0.05, 0) is 39.2 Å². The first-order chi connectivity index (χ1) is 10.1. The maximum absolute atomic E-state index is 10.6. The molecule has 0 radical (unpaired) electrons. The van der Waals surface area contributed by atoms with E-state index < -0.39 is 4.92 Å². The van der Waals surface area contributed by atoms with Gasteiger partial charge in [0, 0.05) is 24.2 Å². The van der Waals surface area contributed by atoms with Gasteiger partial charge in [0.25, 0.3) is 5.69 Å². The zero-order valence-electron chi connectivity index (χ0n) is 11.9. The van der Waals surface area contributed by atoms with Crippen molar-refractivity contribution in [2.75, 3.05) is 32.5 Å². The Kier molecular flexibility index (Phi) is 4.83. The third-order valence-corrected chi connectivity index (χ3v) is 2.82. The summed E-state index contributed by atoms with van der Waals surface area (Å²) >= 11 is 0. The van der Waals surface area contributed by atoms with Gasteiger partial charge in [0.1, 0.15) is 0 Å². The number of non-ortho nitro benzene ring substituents is 1. The maximum Gasteiger partial charge on any atom is 0.321 e. The molecule has 0 aliphatic carbocycles. The molecule has 1 aromatic heterocycles. The maximum atomic E-state index is 10.6. The number of benzene rings is 1. The largest absolute Gasteiger partial charge is 0.338 e. The SMILES string of the molecule is CN(C)CCCNc1nc(-c2ccc([N+](=O)[O-])cc2)no1. The van der Waals surface area contributed by atoms with Gasteiger partial charge in [0.15, 0.2) is 0 Å². The Balaban J connectivity index is 1.94. The Morgan fingerprint density at radius 3 is 2.67 bits per heavy atom. The van der Waals surface area contributed by atoms with Gasteiger partial charge in [-0.15, -0.1) is 0 Å². The lowest BCUT2D eigenvalue weighted by atomic mass is 10.2. The van der Waals surface area contributed by atoms with Crippen LogP contribution in [0, 0.1) is 10.1 Å². The fourth-order valence-corrected chi connectivity index (χ4v) is 1.74. The van der Waals surface area contributed by atoms with Crippen LogP contribution in [0.2, 0.25) is 0 Å². The Hall–Kier alpha value is -2.48. The second-order valence-electron chi connectivity index (χ2n) is 4.81. The monoisotopic (exact) mass is 291 g/mol. The molecule has 2 aromatic rings. The van der Waals surface area contributed by atoms with Gasteiger partial charge >= 0.3 is 6.01 Å². The quantitative estimate of drug-likeness (QED) is 0.473. The van der Waals surface area contributed by atoms with Crippen molar-refractivity contribution in [2.45, 2.75) is 6.42 Å². The Bertz CT molecular complexity index is 594. The van der Waals surface area contributed by atoms with Crippen molar-refractivity contribution in [3.63, 3.8) is 0 Å². The van der Waals surface area contributed by atoms with Crippen LogP contribution in [0.15, 0.2) is 28.8 Å². The second-order valence-corrected chi connectivity index (χ2v) is 4.81. The molecular formula is C13H17N5O3. The third kappa shape index (κ3) is 4.25. The summed E-state index contributed by atoms with van der Waals surface area (Å²) in [5.74, 6) is 0.403. The minimum Gasteiger partial charge on any atom is -0.338 e. The first-order valence-corrected chi connectivity index (χ1v) is 6.53. The number of hydrogen-bond donors (Lipinski definition) is 1. The lowest BCUT2D eigenvalue weighted by molar-refractivity contribution is -0.384. The smallest absolute Gasteiger partial charge is 0.321 e. The summed E-state index contributed by atoms with van der Waals surface area (Å²) in [6.45, 7) is 1.70. The number of aromatic nitrogens is 2. The molecule has 0 aliphatic heterocycles. The molecule has 2 rings (SSSR count). The van der Waals surface area contributed by atoms with E-state index in [1.54, 1.807) is 12.1 Å². The molecule has 0 fully saturated rings. The van der Waals surface area contributed by atoms with E-state index >= 15 is 0 Å². The van der Waals surface area contributed by atoms with Crippen molar-refractivity contribution in [2.24, 2.45) is 0 Å². The van der Waals surface area contributed by atoms with Gasteiger partial charge in [-0.1, -0.05) is 5.16 Å². The van der Waals surface area contributed by atoms with Gasteiger partial charge < -0.3 is 14.7 Å². The fraction of sp³-hybridized carbons (Fsp3) is 0.385. The summed E-state index contributed by atoms with van der Waals surface area (Å²) in [7, 11) is 4.03. The molecule has 0 saturated heterocycles. The average Bonchev–Trinajstić information content (AvgIpc) is 2.92. The van der Waals surface area contributed by atoms with Gasteiger partial charge in [-0.25, -0.2) is 0 Å². The van der Waals surface area contributed by atoms with Crippen molar-refractivity contribution < 1.29 is 9.45 Å². The van der Waals surface area contributed by atoms with Crippen LogP contribution in [0.4, 0.5) is 11.7 Å². The molecule has 112 valence electrons. The normalized spacial score (nSPS) is 10.8. The average molecular weight is 291 g/mol. The summed E-state index contributed by atoms with van der Waals surface area (Å²) in [6, 6.07) is 6.37. The van der Waals surface area contributed by atoms with Crippen molar-refractivity contribution in [1.29, 1.82) is 0 Å². The molecule has 1 heterocycles. The molecule has 0 atom stereocenters. The third-order valence-electron chi connectivity index (χ3n) is 2.82. The van der Waals surface area contributed by atoms with Crippen LogP contribution in [0.5, 0.6) is 0 Å². The standard InChI is InChI=1S/C13H17N5O3/c1-17(2)9-3-8-14-13-15-12(16-21-13)10-4-6-11(7-5-10)18(19)20/h4-7H,3,8-9H2,1-2H3,(H,14,15,16). The molecular weight excluding hydrogens is 274 g/mol. The number of nitro benzene ring substituents is 1. The molecule has 8 heteroatoms. The van der Waals surface area contributed by atoms with Crippen LogP contribution in [0.25, 0.3) is 11.4 Å². The predicted octanol–water partition coefficient (Wildman–Crippen LogP) is 2.01. The van der Waals surface area contributed by atoms with Gasteiger partial charge in [0.2, 0.25) is 5.82 Å². The lowest BCUT2D eigenvalue weighted by Gasteiger charge is -2.08. The van der Waals surface area contributed by atoms with Crippen LogP contribution in [0.1, 0.15) is 6.42 Å². The van der Waals surface area contributed by atoms with Crippen molar-refractivity contribution in [1.82, 2.24) is 15.0 Å². The summed E-state index contributed by atoms with van der Waals surface area (Å²) in [5.41, 5.74) is 0.704. The minimum atomic E-state index is -0.447. The lowest BCUT2D eigenvalue weighted by Crippen LogP contribution is -2.16. The van der Waals surface area contributed by atoms with Crippen LogP contribution in [0.3, 0.4) is 0 Å². The van der Waals surface area contributed by atoms with Crippen LogP contribution < -0.4 is 5.32 Å². The molecule has 21 heavy (non-hydrogen) atoms. The van der Waals surface area contributed by atoms with Crippen LogP contribution >= 0.6 is 0 Å². The summed E-state index contributed by atoms with van der Waals surface area (Å²) < 4.78 is 5.08. The van der Waals surface area contributed by atoms with Gasteiger partial charge in [-0.3, -0.25) is 10.1 Å². The molecule has 0 bridgehead atoms. The number of rotatable bonds is 7. The van der Waals surface area contributed by atoms with E-state index in [9.17, 15) is 10.1 Å². The predicted molar refractivity (Wildman–Crippen MR) is 78.0 cm³/mol. The van der Waals surface area contributed by atoms with Gasteiger partial charge in [0.05, 0.1) is 4.92 Å². The van der Waals surface area contributed by atoms with Crippen molar-refractivity contribution in [3.05, 3.63) is 34.4 Å². The zero-order chi connectivity index (χ0) is 15.2. The highest BCUT2D eigenvalue weighted by Crippen LogP contribution is 2.20. The fourth-order valence-electron chi connectivity index (χ4n) is 1.74. The first kappa shape index (κ1) is 14.9.